The van der Waals surface area contributed by atoms with E-state index in [2.05, 4.69) is 5.16 Å². The minimum atomic E-state index is -0.574. The molecule has 1 heterocycles. The van der Waals surface area contributed by atoms with Crippen LogP contribution in [0.3, 0.4) is 0 Å². The lowest BCUT2D eigenvalue weighted by Gasteiger charge is -1.97. The molecule has 23 heavy (non-hydrogen) atoms. The van der Waals surface area contributed by atoms with Crippen LogP contribution in [-0.2, 0) is 0 Å². The maximum atomic E-state index is 11.4. The summed E-state index contributed by atoms with van der Waals surface area (Å²) in [4.78, 5) is 21.0. The average Bonchev–Trinajstić information content (AvgIpc) is 3.01. The van der Waals surface area contributed by atoms with Crippen molar-refractivity contribution in [1.82, 2.24) is 5.16 Å². The van der Waals surface area contributed by atoms with Crippen LogP contribution in [0.2, 0.25) is 0 Å². The molecule has 0 spiro atoms. The largest absolute Gasteiger partial charge is 0.348 e. The molecule has 0 unspecified atom stereocenters. The summed E-state index contributed by atoms with van der Waals surface area (Å²) < 4.78 is 5.14. The predicted octanol–water partition coefficient (Wildman–Crippen LogP) is 3.83. The summed E-state index contributed by atoms with van der Waals surface area (Å²) in [6.45, 7) is 0. The monoisotopic (exact) mass is 311 g/mol. The Balaban J connectivity index is 2.12. The highest BCUT2D eigenvalue weighted by molar-refractivity contribution is 5.80. The number of nitrogens with zero attached hydrogens (tertiary/aromatic N) is 3. The number of nitro benzene ring substituents is 1. The summed E-state index contributed by atoms with van der Waals surface area (Å²) in [5.41, 5.74) is 0.626. The Hall–Kier alpha value is -3.55. The van der Waals surface area contributed by atoms with Crippen LogP contribution in [0.1, 0.15) is 0 Å². The molecule has 2 aromatic carbocycles. The Morgan fingerprint density at radius 3 is 2.04 bits per heavy atom. The van der Waals surface area contributed by atoms with Gasteiger partial charge in [-0.1, -0.05) is 35.5 Å². The molecule has 0 radical (unpaired) electrons. The topological polar surface area (TPSA) is 112 Å². The lowest BCUT2D eigenvalue weighted by atomic mass is 10.1. The van der Waals surface area contributed by atoms with Crippen LogP contribution >= 0.6 is 0 Å². The zero-order valence-electron chi connectivity index (χ0n) is 11.6. The van der Waals surface area contributed by atoms with E-state index in [0.29, 0.717) is 11.1 Å². The summed E-state index contributed by atoms with van der Waals surface area (Å²) in [5, 5.41) is 25.9. The van der Waals surface area contributed by atoms with Crippen molar-refractivity contribution in [3.05, 3.63) is 74.8 Å². The predicted molar refractivity (Wildman–Crippen MR) is 80.7 cm³/mol. The van der Waals surface area contributed by atoms with Gasteiger partial charge in [-0.3, -0.25) is 20.2 Å². The summed E-state index contributed by atoms with van der Waals surface area (Å²) >= 11 is 0. The summed E-state index contributed by atoms with van der Waals surface area (Å²) in [6.07, 6.45) is 0. The molecular weight excluding hydrogens is 302 g/mol. The summed E-state index contributed by atoms with van der Waals surface area (Å²) in [5.74, 6) is -0.0382. The number of hydrogen-bond donors (Lipinski definition) is 0. The van der Waals surface area contributed by atoms with Gasteiger partial charge in [0.1, 0.15) is 0 Å². The van der Waals surface area contributed by atoms with Crippen LogP contribution in [0, 0.1) is 20.2 Å². The molecule has 0 N–H and O–H groups in total. The molecule has 0 fully saturated rings. The first-order chi connectivity index (χ1) is 11.1. The molecule has 1 aromatic heterocycles. The van der Waals surface area contributed by atoms with Gasteiger partial charge in [-0.25, -0.2) is 0 Å². The van der Waals surface area contributed by atoms with Gasteiger partial charge in [-0.2, -0.15) is 0 Å². The van der Waals surface area contributed by atoms with Crippen LogP contribution in [0.4, 0.5) is 11.4 Å². The second-order valence-corrected chi connectivity index (χ2v) is 4.64. The molecular formula is C15H9N3O5. The number of aromatic nitrogens is 1. The third-order valence-corrected chi connectivity index (χ3v) is 3.24. The van der Waals surface area contributed by atoms with E-state index in [1.165, 1.54) is 24.3 Å². The van der Waals surface area contributed by atoms with Crippen molar-refractivity contribution in [2.45, 2.75) is 0 Å². The van der Waals surface area contributed by atoms with Crippen molar-refractivity contribution >= 4 is 11.4 Å². The molecule has 3 aromatic rings. The van der Waals surface area contributed by atoms with Crippen LogP contribution in [0.5, 0.6) is 0 Å². The fraction of sp³-hybridized carbons (Fsp3) is 0. The fourth-order valence-electron chi connectivity index (χ4n) is 2.16. The minimum Gasteiger partial charge on any atom is -0.348 e. The fourth-order valence-corrected chi connectivity index (χ4v) is 2.16. The lowest BCUT2D eigenvalue weighted by molar-refractivity contribution is -0.385. The maximum Gasteiger partial charge on any atom is 0.344 e. The van der Waals surface area contributed by atoms with Crippen molar-refractivity contribution in [3.63, 3.8) is 0 Å². The minimum absolute atomic E-state index is 0.0382. The van der Waals surface area contributed by atoms with Gasteiger partial charge >= 0.3 is 5.69 Å². The van der Waals surface area contributed by atoms with Gasteiger partial charge in [0.05, 0.1) is 9.85 Å². The molecule has 0 aliphatic rings. The molecule has 0 aliphatic heterocycles. The molecule has 8 nitrogen and oxygen atoms in total. The molecule has 3 rings (SSSR count). The second-order valence-electron chi connectivity index (χ2n) is 4.64. The van der Waals surface area contributed by atoms with Crippen molar-refractivity contribution in [1.29, 1.82) is 0 Å². The quantitative estimate of drug-likeness (QED) is 0.534. The molecule has 114 valence electrons. The number of non-ortho nitro benzene ring substituents is 1. The second kappa shape index (κ2) is 5.68. The summed E-state index contributed by atoms with van der Waals surface area (Å²) in [6, 6.07) is 13.9. The average molecular weight is 311 g/mol. The Bertz CT molecular complexity index is 872. The molecule has 8 heteroatoms. The van der Waals surface area contributed by atoms with Gasteiger partial charge in [0.15, 0.2) is 5.69 Å². The van der Waals surface area contributed by atoms with Gasteiger partial charge in [-0.05, 0) is 12.1 Å². The van der Waals surface area contributed by atoms with E-state index in [4.69, 9.17) is 4.52 Å². The van der Waals surface area contributed by atoms with Crippen molar-refractivity contribution in [2.75, 3.05) is 0 Å². The molecule has 0 amide bonds. The molecule has 0 bridgehead atoms. The highest BCUT2D eigenvalue weighted by atomic mass is 16.6. The van der Waals surface area contributed by atoms with E-state index in [1.807, 2.05) is 0 Å². The zero-order chi connectivity index (χ0) is 16.4. The van der Waals surface area contributed by atoms with Crippen molar-refractivity contribution in [2.24, 2.45) is 0 Å². The smallest absolute Gasteiger partial charge is 0.344 e. The van der Waals surface area contributed by atoms with Gasteiger partial charge in [0.2, 0.25) is 5.76 Å². The van der Waals surface area contributed by atoms with Crippen LogP contribution in [-0.4, -0.2) is 15.0 Å². The van der Waals surface area contributed by atoms with Crippen molar-refractivity contribution in [3.8, 4) is 22.6 Å². The number of hydrogen-bond acceptors (Lipinski definition) is 6. The summed E-state index contributed by atoms with van der Waals surface area (Å²) in [7, 11) is 0. The van der Waals surface area contributed by atoms with Crippen LogP contribution in [0.15, 0.2) is 59.1 Å². The van der Waals surface area contributed by atoms with E-state index >= 15 is 0 Å². The van der Waals surface area contributed by atoms with Gasteiger partial charge in [-0.15, -0.1) is 0 Å². The lowest BCUT2D eigenvalue weighted by Crippen LogP contribution is -1.92. The van der Waals surface area contributed by atoms with E-state index in [9.17, 15) is 20.2 Å². The molecule has 0 saturated heterocycles. The Labute approximate surface area is 129 Å². The highest BCUT2D eigenvalue weighted by Gasteiger charge is 2.29. The number of benzene rings is 2. The highest BCUT2D eigenvalue weighted by Crippen LogP contribution is 2.38. The number of nitro groups is 2. The normalized spacial score (nSPS) is 10.4. The molecule has 0 aliphatic carbocycles. The van der Waals surface area contributed by atoms with Gasteiger partial charge in [0.25, 0.3) is 5.69 Å². The first kappa shape index (κ1) is 14.4. The first-order valence-corrected chi connectivity index (χ1v) is 6.52. The standard InChI is InChI=1S/C15H9N3O5/c19-17(20)12-8-6-11(7-9-12)15-14(18(21)22)13(16-23-15)10-4-2-1-3-5-10/h1-9H. The van der Waals surface area contributed by atoms with Crippen LogP contribution < -0.4 is 0 Å². The molecule has 0 atom stereocenters. The van der Waals surface area contributed by atoms with Crippen molar-refractivity contribution < 1.29 is 14.4 Å². The van der Waals surface area contributed by atoms with E-state index < -0.39 is 9.85 Å². The zero-order valence-corrected chi connectivity index (χ0v) is 11.6. The third kappa shape index (κ3) is 2.64. The number of rotatable bonds is 4. The SMILES string of the molecule is O=[N+]([O-])c1ccc(-c2onc(-c3ccccc3)c2[N+](=O)[O-])cc1. The molecule has 0 saturated carbocycles. The Morgan fingerprint density at radius 1 is 0.826 bits per heavy atom. The Kier molecular flexibility index (Phi) is 3.55. The van der Waals surface area contributed by atoms with Crippen LogP contribution in [0.25, 0.3) is 22.6 Å². The van der Waals surface area contributed by atoms with Gasteiger partial charge < -0.3 is 4.52 Å². The third-order valence-electron chi connectivity index (χ3n) is 3.24. The van der Waals surface area contributed by atoms with E-state index in [0.717, 1.165) is 0 Å². The van der Waals surface area contributed by atoms with E-state index in [1.54, 1.807) is 30.3 Å². The maximum absolute atomic E-state index is 11.4. The van der Waals surface area contributed by atoms with E-state index in [-0.39, 0.29) is 22.8 Å². The first-order valence-electron chi connectivity index (χ1n) is 6.52. The van der Waals surface area contributed by atoms with Gasteiger partial charge in [0, 0.05) is 23.3 Å². The Morgan fingerprint density at radius 2 is 1.48 bits per heavy atom.